The van der Waals surface area contributed by atoms with E-state index in [1.165, 1.54) is 24.4 Å². The Morgan fingerprint density at radius 3 is 2.53 bits per heavy atom. The first kappa shape index (κ1) is 19.9. The second-order valence-electron chi connectivity index (χ2n) is 6.57. The van der Waals surface area contributed by atoms with Crippen LogP contribution < -0.4 is 10.5 Å². The zero-order chi connectivity index (χ0) is 21.3. The Bertz CT molecular complexity index is 1340. The molecule has 2 aromatic heterocycles. The predicted molar refractivity (Wildman–Crippen MR) is 108 cm³/mol. The van der Waals surface area contributed by atoms with Crippen molar-refractivity contribution in [3.05, 3.63) is 83.7 Å². The van der Waals surface area contributed by atoms with E-state index in [-0.39, 0.29) is 5.82 Å². The third-order valence-corrected chi connectivity index (χ3v) is 5.97. The number of rotatable bonds is 6. The molecule has 4 aromatic rings. The molecule has 2 aromatic carbocycles. The fourth-order valence-corrected chi connectivity index (χ4v) is 4.24. The molecule has 30 heavy (non-hydrogen) atoms. The van der Waals surface area contributed by atoms with Crippen LogP contribution in [0.5, 0.6) is 0 Å². The standard InChI is InChI=1S/C20H17F2N5O2S/c21-16-9-17-15(11-24-27(17)12-14-5-2-1-4-13(14)10-23)8-18(16)30(28,29)26-20-7-3-6-19(22)25-20/h1-9,11H,10,12,23H2,(H,25,26). The van der Waals surface area contributed by atoms with Gasteiger partial charge in [-0.2, -0.15) is 9.49 Å². The number of hydrogen-bond donors (Lipinski definition) is 2. The Kier molecular flexibility index (Phi) is 5.18. The van der Waals surface area contributed by atoms with Crippen molar-refractivity contribution in [1.82, 2.24) is 14.8 Å². The molecule has 0 spiro atoms. The van der Waals surface area contributed by atoms with Crippen LogP contribution in [-0.2, 0) is 23.1 Å². The molecule has 0 aliphatic rings. The molecule has 0 fully saturated rings. The van der Waals surface area contributed by atoms with Crippen molar-refractivity contribution < 1.29 is 17.2 Å². The highest BCUT2D eigenvalue weighted by molar-refractivity contribution is 7.92. The first-order valence-corrected chi connectivity index (χ1v) is 10.4. The number of hydrogen-bond acceptors (Lipinski definition) is 5. The zero-order valence-corrected chi connectivity index (χ0v) is 16.4. The van der Waals surface area contributed by atoms with Crippen molar-refractivity contribution in [3.63, 3.8) is 0 Å². The number of nitrogens with two attached hydrogens (primary N) is 1. The molecule has 0 saturated carbocycles. The van der Waals surface area contributed by atoms with Gasteiger partial charge in [0.25, 0.3) is 10.0 Å². The summed E-state index contributed by atoms with van der Waals surface area (Å²) in [4.78, 5) is 2.86. The van der Waals surface area contributed by atoms with Crippen molar-refractivity contribution in [2.75, 3.05) is 4.72 Å². The van der Waals surface area contributed by atoms with Crippen molar-refractivity contribution >= 4 is 26.7 Å². The Hall–Kier alpha value is -3.37. The van der Waals surface area contributed by atoms with E-state index < -0.39 is 26.7 Å². The fraction of sp³-hybridized carbons (Fsp3) is 0.100. The van der Waals surface area contributed by atoms with Crippen LogP contribution in [0.3, 0.4) is 0 Å². The van der Waals surface area contributed by atoms with Gasteiger partial charge in [0.2, 0.25) is 5.95 Å². The molecule has 0 atom stereocenters. The number of nitrogens with one attached hydrogen (secondary N) is 1. The van der Waals surface area contributed by atoms with Gasteiger partial charge in [-0.15, -0.1) is 0 Å². The largest absolute Gasteiger partial charge is 0.326 e. The van der Waals surface area contributed by atoms with E-state index in [2.05, 4.69) is 14.8 Å². The maximum absolute atomic E-state index is 14.8. The Morgan fingerprint density at radius 1 is 1.03 bits per heavy atom. The van der Waals surface area contributed by atoms with Crippen LogP contribution in [0.2, 0.25) is 0 Å². The van der Waals surface area contributed by atoms with Crippen LogP contribution in [0.1, 0.15) is 11.1 Å². The van der Waals surface area contributed by atoms with Gasteiger partial charge in [0, 0.05) is 18.0 Å². The highest BCUT2D eigenvalue weighted by atomic mass is 32.2. The minimum absolute atomic E-state index is 0.247. The summed E-state index contributed by atoms with van der Waals surface area (Å²) < 4.78 is 56.9. The number of pyridine rings is 1. The molecule has 0 radical (unpaired) electrons. The second-order valence-corrected chi connectivity index (χ2v) is 8.22. The normalized spacial score (nSPS) is 11.7. The van der Waals surface area contributed by atoms with Gasteiger partial charge < -0.3 is 5.73 Å². The molecule has 0 amide bonds. The predicted octanol–water partition coefficient (Wildman–Crippen LogP) is 3.02. The fourth-order valence-electron chi connectivity index (χ4n) is 3.14. The summed E-state index contributed by atoms with van der Waals surface area (Å²) in [5.41, 5.74) is 8.07. The SMILES string of the molecule is NCc1ccccc1Cn1ncc2cc(S(=O)(=O)Nc3cccc(F)n3)c(F)cc21. The van der Waals surface area contributed by atoms with E-state index in [1.807, 2.05) is 24.3 Å². The lowest BCUT2D eigenvalue weighted by atomic mass is 10.1. The van der Waals surface area contributed by atoms with Crippen LogP contribution in [-0.4, -0.2) is 23.2 Å². The van der Waals surface area contributed by atoms with Gasteiger partial charge in [-0.1, -0.05) is 30.3 Å². The third kappa shape index (κ3) is 3.87. The highest BCUT2D eigenvalue weighted by Crippen LogP contribution is 2.25. The molecule has 4 rings (SSSR count). The molecule has 0 bridgehead atoms. The Balaban J connectivity index is 1.70. The van der Waals surface area contributed by atoms with E-state index >= 15 is 0 Å². The molecule has 0 aliphatic carbocycles. The topological polar surface area (TPSA) is 103 Å². The lowest BCUT2D eigenvalue weighted by Gasteiger charge is -2.10. The molecular formula is C20H17F2N5O2S. The van der Waals surface area contributed by atoms with Crippen LogP contribution in [0.15, 0.2) is 65.7 Å². The van der Waals surface area contributed by atoms with Crippen LogP contribution >= 0.6 is 0 Å². The summed E-state index contributed by atoms with van der Waals surface area (Å²) >= 11 is 0. The van der Waals surface area contributed by atoms with E-state index in [0.29, 0.717) is 24.0 Å². The lowest BCUT2D eigenvalue weighted by molar-refractivity contribution is 0.570. The van der Waals surface area contributed by atoms with Crippen molar-refractivity contribution in [2.24, 2.45) is 5.73 Å². The summed E-state index contributed by atoms with van der Waals surface area (Å²) in [7, 11) is -4.32. The van der Waals surface area contributed by atoms with Crippen molar-refractivity contribution in [2.45, 2.75) is 18.0 Å². The van der Waals surface area contributed by atoms with Gasteiger partial charge in [0.1, 0.15) is 16.5 Å². The number of aromatic nitrogens is 3. The van der Waals surface area contributed by atoms with Gasteiger partial charge in [-0.25, -0.2) is 17.8 Å². The third-order valence-electron chi connectivity index (χ3n) is 4.60. The minimum atomic E-state index is -4.32. The second kappa shape index (κ2) is 7.81. The van der Waals surface area contributed by atoms with E-state index in [1.54, 1.807) is 4.68 Å². The molecule has 0 unspecified atom stereocenters. The number of fused-ring (bicyclic) bond motifs is 1. The van der Waals surface area contributed by atoms with Gasteiger partial charge >= 0.3 is 0 Å². The summed E-state index contributed by atoms with van der Waals surface area (Å²) in [6.45, 7) is 0.708. The van der Waals surface area contributed by atoms with Crippen molar-refractivity contribution in [1.29, 1.82) is 0 Å². The molecule has 3 N–H and O–H groups in total. The first-order valence-electron chi connectivity index (χ1n) is 8.94. The number of anilines is 1. The van der Waals surface area contributed by atoms with Crippen LogP contribution in [0.4, 0.5) is 14.6 Å². The Morgan fingerprint density at radius 2 is 1.80 bits per heavy atom. The molecule has 7 nitrogen and oxygen atoms in total. The van der Waals surface area contributed by atoms with Crippen molar-refractivity contribution in [3.8, 4) is 0 Å². The summed E-state index contributed by atoms with van der Waals surface area (Å²) in [6.07, 6.45) is 1.46. The van der Waals surface area contributed by atoms with Crippen LogP contribution in [0.25, 0.3) is 10.9 Å². The molecule has 2 heterocycles. The maximum atomic E-state index is 14.8. The monoisotopic (exact) mass is 429 g/mol. The zero-order valence-electron chi connectivity index (χ0n) is 15.6. The average molecular weight is 429 g/mol. The molecule has 0 aliphatic heterocycles. The van der Waals surface area contributed by atoms with Gasteiger partial charge in [-0.05, 0) is 29.3 Å². The van der Waals surface area contributed by atoms with E-state index in [9.17, 15) is 17.2 Å². The van der Waals surface area contributed by atoms with Gasteiger partial charge in [-0.3, -0.25) is 9.40 Å². The molecule has 10 heteroatoms. The Labute approximate surface area is 171 Å². The summed E-state index contributed by atoms with van der Waals surface area (Å²) in [6, 6.07) is 13.5. The number of sulfonamides is 1. The highest BCUT2D eigenvalue weighted by Gasteiger charge is 2.22. The van der Waals surface area contributed by atoms with Crippen LogP contribution in [0, 0.1) is 11.8 Å². The smallest absolute Gasteiger partial charge is 0.265 e. The minimum Gasteiger partial charge on any atom is -0.326 e. The number of benzene rings is 2. The number of nitrogens with zero attached hydrogens (tertiary/aromatic N) is 3. The average Bonchev–Trinajstić information content (AvgIpc) is 3.09. The summed E-state index contributed by atoms with van der Waals surface area (Å²) in [5.74, 6) is -2.06. The maximum Gasteiger partial charge on any atom is 0.265 e. The molecule has 154 valence electrons. The van der Waals surface area contributed by atoms with Gasteiger partial charge in [0.05, 0.1) is 18.3 Å². The van der Waals surface area contributed by atoms with E-state index in [0.717, 1.165) is 23.3 Å². The van der Waals surface area contributed by atoms with Gasteiger partial charge in [0.15, 0.2) is 0 Å². The first-order chi connectivity index (χ1) is 14.4. The number of halogens is 2. The molecular weight excluding hydrogens is 412 g/mol. The summed E-state index contributed by atoms with van der Waals surface area (Å²) in [5, 5.41) is 4.70. The quantitative estimate of drug-likeness (QED) is 0.459. The lowest BCUT2D eigenvalue weighted by Crippen LogP contribution is -2.16. The van der Waals surface area contributed by atoms with E-state index in [4.69, 9.17) is 5.73 Å². The molecule has 0 saturated heterocycles.